The van der Waals surface area contributed by atoms with E-state index < -0.39 is 30.5 Å². The molecule has 2 saturated heterocycles. The van der Waals surface area contributed by atoms with E-state index in [4.69, 9.17) is 0 Å². The average Bonchev–Trinajstić information content (AvgIpc) is 3.34. The molecule has 11 heteroatoms. The van der Waals surface area contributed by atoms with E-state index in [1.165, 1.54) is 17.0 Å². The van der Waals surface area contributed by atoms with Crippen LogP contribution < -0.4 is 15.4 Å². The topological polar surface area (TPSA) is 127 Å². The number of halogens is 2. The number of nitrogens with zero attached hydrogens (tertiary/aromatic N) is 2. The largest absolute Gasteiger partial charge is 0.434 e. The number of carbonyl (C=O) groups is 3. The van der Waals surface area contributed by atoms with Gasteiger partial charge in [-0.05, 0) is 48.3 Å². The number of nitriles is 1. The van der Waals surface area contributed by atoms with E-state index in [1.54, 1.807) is 12.1 Å². The molecule has 3 heterocycles. The van der Waals surface area contributed by atoms with Crippen LogP contribution >= 0.6 is 0 Å². The zero-order valence-electron chi connectivity index (χ0n) is 19.9. The first-order valence-corrected chi connectivity index (χ1v) is 12.0. The minimum absolute atomic E-state index is 0.0506. The predicted molar refractivity (Wildman–Crippen MR) is 124 cm³/mol. The van der Waals surface area contributed by atoms with Crippen LogP contribution in [0.4, 0.5) is 8.78 Å². The maximum absolute atomic E-state index is 13.5. The first kappa shape index (κ1) is 24.0. The van der Waals surface area contributed by atoms with Gasteiger partial charge >= 0.3 is 6.61 Å². The van der Waals surface area contributed by atoms with E-state index in [0.29, 0.717) is 30.4 Å². The Morgan fingerprint density at radius 3 is 2.81 bits per heavy atom. The van der Waals surface area contributed by atoms with Crippen LogP contribution in [0.1, 0.15) is 37.2 Å². The van der Waals surface area contributed by atoms with E-state index in [9.17, 15) is 28.4 Å². The van der Waals surface area contributed by atoms with Gasteiger partial charge in [0, 0.05) is 29.9 Å². The van der Waals surface area contributed by atoms with Crippen molar-refractivity contribution >= 4 is 28.6 Å². The lowest BCUT2D eigenvalue weighted by molar-refractivity contribution is -0.127. The van der Waals surface area contributed by atoms with Crippen molar-refractivity contribution in [3.63, 3.8) is 0 Å². The van der Waals surface area contributed by atoms with E-state index >= 15 is 0 Å². The number of rotatable bonds is 7. The number of aromatic nitrogens is 1. The molecule has 3 fully saturated rings. The van der Waals surface area contributed by atoms with Gasteiger partial charge in [0.25, 0.3) is 5.91 Å². The molecule has 0 bridgehead atoms. The van der Waals surface area contributed by atoms with Gasteiger partial charge in [0.1, 0.15) is 23.5 Å². The molecule has 0 spiro atoms. The molecule has 1 saturated carbocycles. The Hall–Kier alpha value is -3.68. The Labute approximate surface area is 206 Å². The van der Waals surface area contributed by atoms with Crippen molar-refractivity contribution in [2.75, 3.05) is 13.1 Å². The molecular weight excluding hydrogens is 472 g/mol. The lowest BCUT2D eigenvalue weighted by Gasteiger charge is -2.30. The summed E-state index contributed by atoms with van der Waals surface area (Å²) in [7, 11) is 0. The molecule has 5 rings (SSSR count). The Morgan fingerprint density at radius 1 is 1.36 bits per heavy atom. The highest BCUT2D eigenvalue weighted by molar-refractivity contribution is 6.02. The number of H-pyrrole nitrogens is 1. The van der Waals surface area contributed by atoms with Crippen LogP contribution in [0.15, 0.2) is 24.3 Å². The minimum atomic E-state index is -3.01. The van der Waals surface area contributed by atoms with Crippen LogP contribution in [0.3, 0.4) is 0 Å². The molecule has 1 aromatic carbocycles. The number of fused-ring (bicyclic) bond motifs is 2. The average molecular weight is 500 g/mol. The SMILES string of the molecule is CC1(C)[C@@H]2[C@@H](C(=O)N[C@H](C#N)CC3CCNC3=O)N(C(=O)c3cc4c(OC(F)F)cccc4[nH]3)C[C@@H]21. The summed E-state index contributed by atoms with van der Waals surface area (Å²) in [5, 5.41) is 15.4. The molecule has 0 radical (unpaired) electrons. The summed E-state index contributed by atoms with van der Waals surface area (Å²) in [6.45, 7) is 2.01. The molecule has 3 N–H and O–H groups in total. The molecule has 1 aromatic heterocycles. The molecule has 2 aliphatic heterocycles. The normalized spacial score (nSPS) is 26.9. The minimum Gasteiger partial charge on any atom is -0.434 e. The molecule has 190 valence electrons. The number of aromatic amines is 1. The fraction of sp³-hybridized carbons (Fsp3) is 0.520. The Bertz CT molecular complexity index is 1270. The number of carbonyl (C=O) groups excluding carboxylic acids is 3. The van der Waals surface area contributed by atoms with E-state index in [0.717, 1.165) is 0 Å². The van der Waals surface area contributed by atoms with E-state index in [-0.39, 0.29) is 46.9 Å². The van der Waals surface area contributed by atoms with Crippen LogP contribution in [0.25, 0.3) is 10.9 Å². The molecule has 9 nitrogen and oxygen atoms in total. The zero-order valence-corrected chi connectivity index (χ0v) is 19.9. The van der Waals surface area contributed by atoms with Gasteiger partial charge in [0.15, 0.2) is 0 Å². The lowest BCUT2D eigenvalue weighted by Crippen LogP contribution is -2.52. The van der Waals surface area contributed by atoms with Gasteiger partial charge in [-0.25, -0.2) is 0 Å². The predicted octanol–water partition coefficient (Wildman–Crippen LogP) is 2.40. The molecular formula is C25H27F2N5O4. The molecule has 1 aliphatic carbocycles. The highest BCUT2D eigenvalue weighted by Crippen LogP contribution is 2.65. The zero-order chi connectivity index (χ0) is 25.8. The van der Waals surface area contributed by atoms with Gasteiger partial charge in [-0.1, -0.05) is 19.9 Å². The van der Waals surface area contributed by atoms with E-state index in [1.807, 2.05) is 13.8 Å². The second kappa shape index (κ2) is 8.76. The number of nitrogens with one attached hydrogen (secondary N) is 3. The second-order valence-corrected chi connectivity index (χ2v) is 10.3. The fourth-order valence-corrected chi connectivity index (χ4v) is 5.95. The van der Waals surface area contributed by atoms with Crippen molar-refractivity contribution in [1.82, 2.24) is 20.5 Å². The number of likely N-dealkylation sites (tertiary alicyclic amines) is 1. The summed E-state index contributed by atoms with van der Waals surface area (Å²) in [6, 6.07) is 6.48. The third kappa shape index (κ3) is 4.04. The standard InChI is InChI=1S/C25H27F2N5O4/c1-25(2)15-11-32(23(35)17-9-14-16(31-17)4-3-5-18(14)36-24(26)27)20(19(15)25)22(34)30-13(10-28)8-12-6-7-29-21(12)33/h3-5,9,12-13,15,19-20,24,31H,6-8,11H2,1-2H3,(H,29,33)(H,30,34)/t12?,13-,15-,19-,20-/m0/s1. The third-order valence-corrected chi connectivity index (χ3v) is 7.96. The monoisotopic (exact) mass is 499 g/mol. The van der Waals surface area contributed by atoms with Crippen LogP contribution in [0.5, 0.6) is 5.75 Å². The lowest BCUT2D eigenvalue weighted by atomic mass is 9.97. The number of hydrogen-bond donors (Lipinski definition) is 3. The highest BCUT2D eigenvalue weighted by Gasteiger charge is 2.69. The van der Waals surface area contributed by atoms with E-state index in [2.05, 4.69) is 26.4 Å². The van der Waals surface area contributed by atoms with Crippen LogP contribution in [0, 0.1) is 34.5 Å². The Balaban J connectivity index is 1.37. The maximum Gasteiger partial charge on any atom is 0.387 e. The van der Waals surface area contributed by atoms with Gasteiger partial charge in [0.05, 0.1) is 6.07 Å². The Morgan fingerprint density at radius 2 is 2.14 bits per heavy atom. The number of benzene rings is 1. The van der Waals surface area contributed by atoms with Gasteiger partial charge in [-0.15, -0.1) is 0 Å². The Kier molecular flexibility index (Phi) is 5.85. The third-order valence-electron chi connectivity index (χ3n) is 7.96. The number of piperidine rings is 1. The summed E-state index contributed by atoms with van der Waals surface area (Å²) in [6.07, 6.45) is 0.817. The van der Waals surface area contributed by atoms with Crippen LogP contribution in [-0.2, 0) is 9.59 Å². The second-order valence-electron chi connectivity index (χ2n) is 10.3. The van der Waals surface area contributed by atoms with Crippen molar-refractivity contribution in [2.24, 2.45) is 23.2 Å². The quantitative estimate of drug-likeness (QED) is 0.539. The van der Waals surface area contributed by atoms with Crippen LogP contribution in [-0.4, -0.2) is 59.4 Å². The summed E-state index contributed by atoms with van der Waals surface area (Å²) < 4.78 is 30.2. The van der Waals surface area contributed by atoms with Crippen molar-refractivity contribution in [3.8, 4) is 11.8 Å². The molecule has 2 aromatic rings. The van der Waals surface area contributed by atoms with Crippen molar-refractivity contribution < 1.29 is 27.9 Å². The first-order chi connectivity index (χ1) is 17.1. The van der Waals surface area contributed by atoms with Gasteiger partial charge < -0.3 is 25.3 Å². The molecule has 1 unspecified atom stereocenters. The number of hydrogen-bond acceptors (Lipinski definition) is 5. The maximum atomic E-state index is 13.5. The smallest absolute Gasteiger partial charge is 0.387 e. The molecule has 3 aliphatic rings. The van der Waals surface area contributed by atoms with Gasteiger partial charge in [0.2, 0.25) is 11.8 Å². The van der Waals surface area contributed by atoms with Crippen molar-refractivity contribution in [3.05, 3.63) is 30.0 Å². The van der Waals surface area contributed by atoms with Gasteiger partial charge in [-0.3, -0.25) is 14.4 Å². The summed E-state index contributed by atoms with van der Waals surface area (Å²) in [5.74, 6) is -1.31. The summed E-state index contributed by atoms with van der Waals surface area (Å²) in [4.78, 5) is 43.3. The first-order valence-electron chi connectivity index (χ1n) is 12.0. The number of alkyl halides is 2. The summed E-state index contributed by atoms with van der Waals surface area (Å²) >= 11 is 0. The fourth-order valence-electron chi connectivity index (χ4n) is 5.95. The highest BCUT2D eigenvalue weighted by atomic mass is 19.3. The molecule has 5 atom stereocenters. The van der Waals surface area contributed by atoms with Crippen molar-refractivity contribution in [1.29, 1.82) is 5.26 Å². The summed E-state index contributed by atoms with van der Waals surface area (Å²) in [5.41, 5.74) is 0.485. The van der Waals surface area contributed by atoms with Gasteiger partial charge in [-0.2, -0.15) is 14.0 Å². The number of amides is 3. The molecule has 36 heavy (non-hydrogen) atoms. The number of ether oxygens (including phenoxy) is 1. The van der Waals surface area contributed by atoms with Crippen molar-refractivity contribution in [2.45, 2.75) is 45.4 Å². The molecule has 3 amide bonds. The van der Waals surface area contributed by atoms with Crippen LogP contribution in [0.2, 0.25) is 0 Å².